The van der Waals surface area contributed by atoms with Crippen LogP contribution in [0.25, 0.3) is 0 Å². The van der Waals surface area contributed by atoms with E-state index in [1.165, 1.54) is 0 Å². The Morgan fingerprint density at radius 2 is 1.45 bits per heavy atom. The maximum Gasteiger partial charge on any atom is 0.132 e. The van der Waals surface area contributed by atoms with Crippen LogP contribution in [0.3, 0.4) is 0 Å². The van der Waals surface area contributed by atoms with Crippen molar-refractivity contribution >= 4 is 45.4 Å². The van der Waals surface area contributed by atoms with Crippen LogP contribution in [-0.2, 0) is 18.9 Å². The molecule has 7 atom stereocenters. The first-order valence-corrected chi connectivity index (χ1v) is 10.7. The Bertz CT molecular complexity index is 362. The molecule has 0 aromatic carbocycles. The molecule has 0 aliphatic carbocycles. The van der Waals surface area contributed by atoms with Crippen LogP contribution in [0, 0.1) is 0 Å². The first kappa shape index (κ1) is 14.8. The van der Waals surface area contributed by atoms with Gasteiger partial charge in [-0.25, -0.2) is 0 Å². The summed E-state index contributed by atoms with van der Waals surface area (Å²) in [7, 11) is 3.67. The van der Waals surface area contributed by atoms with E-state index < -0.39 is 0 Å². The third-order valence-corrected chi connectivity index (χ3v) is 8.86. The summed E-state index contributed by atoms with van der Waals surface area (Å²) in [5.74, 6) is 0.743. The van der Waals surface area contributed by atoms with Crippen molar-refractivity contribution in [1.82, 2.24) is 0 Å². The van der Waals surface area contributed by atoms with Crippen molar-refractivity contribution in [3.63, 3.8) is 0 Å². The second kappa shape index (κ2) is 6.37. The Hall–Kier alpha value is 1.20. The first-order chi connectivity index (χ1) is 9.86. The molecule has 9 heteroatoms. The topological polar surface area (TPSA) is 57.2 Å². The van der Waals surface area contributed by atoms with Crippen molar-refractivity contribution in [2.24, 2.45) is 0 Å². The summed E-state index contributed by atoms with van der Waals surface area (Å²) in [6.07, 6.45) is 0.365. The number of ether oxygens (including phenoxy) is 4. The highest BCUT2D eigenvalue weighted by Gasteiger charge is 2.49. The Morgan fingerprint density at radius 3 is 2.25 bits per heavy atom. The van der Waals surface area contributed by atoms with Crippen LogP contribution in [0.1, 0.15) is 0 Å². The molecule has 4 fully saturated rings. The SMILES string of the molecule is OSC1CO[C@@H]2C(SSC3CO[C@@H]4SCO[C@H]34)CO[C@H]12. The molecule has 4 aliphatic rings. The van der Waals surface area contributed by atoms with Crippen LogP contribution in [0.4, 0.5) is 0 Å². The monoisotopic (exact) mass is 356 g/mol. The van der Waals surface area contributed by atoms with Crippen molar-refractivity contribution in [2.45, 2.75) is 39.5 Å². The maximum atomic E-state index is 9.21. The van der Waals surface area contributed by atoms with Gasteiger partial charge < -0.3 is 23.5 Å². The normalized spacial score (nSPS) is 50.5. The molecule has 0 saturated carbocycles. The van der Waals surface area contributed by atoms with E-state index in [2.05, 4.69) is 0 Å². The average molecular weight is 357 g/mol. The quantitative estimate of drug-likeness (QED) is 0.601. The highest BCUT2D eigenvalue weighted by atomic mass is 33.1. The number of hydrogen-bond acceptors (Lipinski definition) is 9. The molecule has 0 aromatic rings. The Labute approximate surface area is 134 Å². The number of thioether (sulfide) groups is 1. The fourth-order valence-electron chi connectivity index (χ4n) is 2.90. The van der Waals surface area contributed by atoms with Crippen molar-refractivity contribution < 1.29 is 23.5 Å². The van der Waals surface area contributed by atoms with Gasteiger partial charge in [0, 0.05) is 0 Å². The predicted octanol–water partition coefficient (Wildman–Crippen LogP) is 1.92. The predicted molar refractivity (Wildman–Crippen MR) is 83.3 cm³/mol. The molecule has 4 aliphatic heterocycles. The third kappa shape index (κ3) is 2.63. The van der Waals surface area contributed by atoms with Crippen LogP contribution < -0.4 is 0 Å². The lowest BCUT2D eigenvalue weighted by Crippen LogP contribution is -2.29. The molecule has 4 saturated heterocycles. The number of hydrogen-bond donors (Lipinski definition) is 1. The summed E-state index contributed by atoms with van der Waals surface area (Å²) in [6.45, 7) is 2.04. The highest BCUT2D eigenvalue weighted by molar-refractivity contribution is 8.77. The lowest BCUT2D eigenvalue weighted by molar-refractivity contribution is 0.0744. The van der Waals surface area contributed by atoms with Crippen LogP contribution in [-0.4, -0.2) is 69.8 Å². The molecule has 0 aromatic heterocycles. The molecule has 114 valence electrons. The zero-order valence-electron chi connectivity index (χ0n) is 10.6. The standard InChI is InChI=1S/C11H16O5S4/c12-18-5-1-13-9-6(2-14-8(5)9)19-20-7-3-15-11-10(7)16-4-17-11/h5-12H,1-4H2/t5?,6?,7?,8-,9-,10-,11-/m1/s1. The summed E-state index contributed by atoms with van der Waals surface area (Å²) in [4.78, 5) is 0. The molecular weight excluding hydrogens is 340 g/mol. The lowest BCUT2D eigenvalue weighted by Gasteiger charge is -2.18. The van der Waals surface area contributed by atoms with Gasteiger partial charge in [-0.05, 0) is 12.0 Å². The Balaban J connectivity index is 1.30. The molecule has 4 rings (SSSR count). The van der Waals surface area contributed by atoms with Crippen molar-refractivity contribution in [3.8, 4) is 0 Å². The summed E-state index contributed by atoms with van der Waals surface area (Å²) < 4.78 is 32.3. The first-order valence-electron chi connectivity index (χ1n) is 6.57. The van der Waals surface area contributed by atoms with Gasteiger partial charge in [0.2, 0.25) is 0 Å². The van der Waals surface area contributed by atoms with Gasteiger partial charge in [0.1, 0.15) is 17.6 Å². The van der Waals surface area contributed by atoms with Gasteiger partial charge in [-0.3, -0.25) is 0 Å². The fraction of sp³-hybridized carbons (Fsp3) is 1.00. The minimum absolute atomic E-state index is 0.0361. The zero-order chi connectivity index (χ0) is 13.5. The lowest BCUT2D eigenvalue weighted by atomic mass is 10.2. The van der Waals surface area contributed by atoms with Crippen molar-refractivity contribution in [2.75, 3.05) is 25.8 Å². The molecular formula is C11H16O5S4. The van der Waals surface area contributed by atoms with Crippen LogP contribution in [0.15, 0.2) is 0 Å². The van der Waals surface area contributed by atoms with Gasteiger partial charge in [-0.2, -0.15) is 0 Å². The van der Waals surface area contributed by atoms with Gasteiger partial charge in [0.05, 0.1) is 47.6 Å². The van der Waals surface area contributed by atoms with Crippen LogP contribution in [0.2, 0.25) is 0 Å². The fourth-order valence-corrected chi connectivity index (χ4v) is 7.56. The Kier molecular flexibility index (Phi) is 4.70. The molecule has 1 N–H and O–H groups in total. The van der Waals surface area contributed by atoms with Crippen molar-refractivity contribution in [3.05, 3.63) is 0 Å². The smallest absolute Gasteiger partial charge is 0.132 e. The van der Waals surface area contributed by atoms with E-state index in [-0.39, 0.29) is 29.0 Å². The van der Waals surface area contributed by atoms with Crippen LogP contribution >= 0.6 is 45.4 Å². The molecule has 20 heavy (non-hydrogen) atoms. The van der Waals surface area contributed by atoms with Gasteiger partial charge in [-0.15, -0.1) is 0 Å². The highest BCUT2D eigenvalue weighted by Crippen LogP contribution is 2.47. The number of fused-ring (bicyclic) bond motifs is 2. The second-order valence-electron chi connectivity index (χ2n) is 5.13. The minimum Gasteiger partial charge on any atom is -0.373 e. The van der Waals surface area contributed by atoms with E-state index in [1.54, 1.807) is 11.8 Å². The minimum atomic E-state index is 0.0361. The van der Waals surface area contributed by atoms with Gasteiger partial charge in [-0.1, -0.05) is 33.3 Å². The van der Waals surface area contributed by atoms with Gasteiger partial charge in [0.25, 0.3) is 0 Å². The van der Waals surface area contributed by atoms with E-state index in [1.807, 2.05) is 21.6 Å². The van der Waals surface area contributed by atoms with E-state index >= 15 is 0 Å². The largest absolute Gasteiger partial charge is 0.373 e. The van der Waals surface area contributed by atoms with E-state index in [4.69, 9.17) is 18.9 Å². The molecule has 5 nitrogen and oxygen atoms in total. The van der Waals surface area contributed by atoms with E-state index in [0.29, 0.717) is 23.7 Å². The summed E-state index contributed by atoms with van der Waals surface area (Å²) in [5.41, 5.74) is 0.221. The molecule has 0 radical (unpaired) electrons. The van der Waals surface area contributed by atoms with E-state index in [0.717, 1.165) is 24.6 Å². The summed E-state index contributed by atoms with van der Waals surface area (Å²) >= 11 is 2.60. The molecule has 0 amide bonds. The molecule has 4 heterocycles. The van der Waals surface area contributed by atoms with Gasteiger partial charge in [0.15, 0.2) is 0 Å². The van der Waals surface area contributed by atoms with Gasteiger partial charge >= 0.3 is 0 Å². The number of rotatable bonds is 4. The zero-order valence-corrected chi connectivity index (χ0v) is 13.8. The molecule has 0 spiro atoms. The molecule has 3 unspecified atom stereocenters. The van der Waals surface area contributed by atoms with Crippen molar-refractivity contribution in [1.29, 1.82) is 0 Å². The average Bonchev–Trinajstić information content (AvgIpc) is 3.18. The maximum absolute atomic E-state index is 9.21. The summed E-state index contributed by atoms with van der Waals surface area (Å²) in [5, 5.41) is 0.781. The third-order valence-electron chi connectivity index (χ3n) is 3.95. The van der Waals surface area contributed by atoms with Crippen LogP contribution in [0.5, 0.6) is 0 Å². The van der Waals surface area contributed by atoms with E-state index in [9.17, 15) is 4.55 Å². The summed E-state index contributed by atoms with van der Waals surface area (Å²) in [6, 6.07) is 0. The Morgan fingerprint density at radius 1 is 0.800 bits per heavy atom. The molecule has 0 bridgehead atoms. The second-order valence-corrected chi connectivity index (χ2v) is 9.73.